The molecule has 0 amide bonds. The number of carbonyl (C=O) groups is 1. The first-order valence-electron chi connectivity index (χ1n) is 12.2. The van der Waals surface area contributed by atoms with E-state index in [-0.39, 0.29) is 17.7 Å². The lowest BCUT2D eigenvalue weighted by molar-refractivity contribution is -0.140. The molecule has 0 radical (unpaired) electrons. The first-order chi connectivity index (χ1) is 16.3. The number of carbonyl (C=O) groups excluding carboxylic acids is 1. The van der Waals surface area contributed by atoms with Gasteiger partial charge in [0.05, 0.1) is 24.3 Å². The molecule has 2 heterocycles. The van der Waals surface area contributed by atoms with Gasteiger partial charge in [-0.1, -0.05) is 41.5 Å². The molecule has 0 aliphatic carbocycles. The fourth-order valence-electron chi connectivity index (χ4n) is 4.43. The highest BCUT2D eigenvalue weighted by Crippen LogP contribution is 2.39. The second-order valence-corrected chi connectivity index (χ2v) is 8.09. The molecule has 5 nitrogen and oxygen atoms in total. The minimum atomic E-state index is -0.233. The van der Waals surface area contributed by atoms with Crippen LogP contribution in [-0.2, 0) is 16.0 Å². The highest BCUT2D eigenvalue weighted by atomic mass is 19.1. The average Bonchev–Trinajstić information content (AvgIpc) is 3.45. The second-order valence-electron chi connectivity index (χ2n) is 8.09. The summed E-state index contributed by atoms with van der Waals surface area (Å²) >= 11 is 0. The van der Waals surface area contributed by atoms with Crippen LogP contribution in [0.4, 0.5) is 4.39 Å². The van der Waals surface area contributed by atoms with Gasteiger partial charge in [0.2, 0.25) is 0 Å². The van der Waals surface area contributed by atoms with Crippen molar-refractivity contribution in [1.29, 1.82) is 0 Å². The number of aryl methyl sites for hydroxylation is 3. The quantitative estimate of drug-likeness (QED) is 0.308. The van der Waals surface area contributed by atoms with Gasteiger partial charge < -0.3 is 9.30 Å². The van der Waals surface area contributed by atoms with Crippen molar-refractivity contribution < 1.29 is 13.9 Å². The molecule has 0 saturated heterocycles. The van der Waals surface area contributed by atoms with Crippen molar-refractivity contribution in [2.24, 2.45) is 0 Å². The number of hydrogen-bond acceptors (Lipinski definition) is 3. The number of rotatable bonds is 5. The van der Waals surface area contributed by atoms with E-state index in [9.17, 15) is 9.18 Å². The SMILES string of the molecule is CC.CC.COC(=O)CCc1c(C(C)C)n(-c2ccc(F)c(C)c2)c2cc3cn[nH]c3c(C)c12. The molecule has 4 aromatic rings. The number of halogens is 1. The third kappa shape index (κ3) is 5.01. The maximum atomic E-state index is 14.0. The molecule has 0 bridgehead atoms. The van der Waals surface area contributed by atoms with Crippen LogP contribution < -0.4 is 0 Å². The number of benzene rings is 2. The predicted molar refractivity (Wildman–Crippen MR) is 139 cm³/mol. The van der Waals surface area contributed by atoms with Crippen LogP contribution in [0.1, 0.15) is 76.3 Å². The third-order valence-corrected chi connectivity index (χ3v) is 5.81. The van der Waals surface area contributed by atoms with E-state index in [1.54, 1.807) is 6.92 Å². The van der Waals surface area contributed by atoms with Crippen LogP contribution in [0.3, 0.4) is 0 Å². The summed E-state index contributed by atoms with van der Waals surface area (Å²) in [5.41, 5.74) is 6.89. The molecule has 1 N–H and O–H groups in total. The van der Waals surface area contributed by atoms with E-state index in [4.69, 9.17) is 4.74 Å². The van der Waals surface area contributed by atoms with Gasteiger partial charge in [-0.2, -0.15) is 5.10 Å². The molecule has 0 atom stereocenters. The van der Waals surface area contributed by atoms with Crippen molar-refractivity contribution in [3.05, 3.63) is 58.7 Å². The van der Waals surface area contributed by atoms with E-state index in [1.807, 2.05) is 46.0 Å². The molecule has 6 heteroatoms. The van der Waals surface area contributed by atoms with Gasteiger partial charge in [-0.25, -0.2) is 4.39 Å². The van der Waals surface area contributed by atoms with E-state index in [0.717, 1.165) is 44.3 Å². The lowest BCUT2D eigenvalue weighted by atomic mass is 9.96. The number of H-pyrrole nitrogens is 1. The monoisotopic (exact) mass is 467 g/mol. The van der Waals surface area contributed by atoms with Crippen molar-refractivity contribution in [1.82, 2.24) is 14.8 Å². The summed E-state index contributed by atoms with van der Waals surface area (Å²) in [5, 5.41) is 9.44. The third-order valence-electron chi connectivity index (χ3n) is 5.81. The first-order valence-corrected chi connectivity index (χ1v) is 12.2. The molecular weight excluding hydrogens is 429 g/mol. The first kappa shape index (κ1) is 27.1. The van der Waals surface area contributed by atoms with Crippen LogP contribution in [0.2, 0.25) is 0 Å². The Balaban J connectivity index is 0.000000970. The Kier molecular flexibility index (Phi) is 9.42. The predicted octanol–water partition coefficient (Wildman–Crippen LogP) is 7.54. The summed E-state index contributed by atoms with van der Waals surface area (Å²) in [6.07, 6.45) is 2.70. The summed E-state index contributed by atoms with van der Waals surface area (Å²) in [7, 11) is 1.41. The largest absolute Gasteiger partial charge is 0.469 e. The van der Waals surface area contributed by atoms with Gasteiger partial charge in [0.15, 0.2) is 0 Å². The lowest BCUT2D eigenvalue weighted by Crippen LogP contribution is -2.07. The van der Waals surface area contributed by atoms with Crippen LogP contribution in [-0.4, -0.2) is 27.8 Å². The van der Waals surface area contributed by atoms with E-state index >= 15 is 0 Å². The number of hydrogen-bond donors (Lipinski definition) is 1. The second kappa shape index (κ2) is 11.8. The Morgan fingerprint density at radius 3 is 2.41 bits per heavy atom. The number of ether oxygens (including phenoxy) is 1. The van der Waals surface area contributed by atoms with E-state index in [0.29, 0.717) is 18.4 Å². The zero-order valence-electron chi connectivity index (χ0n) is 22.0. The normalized spacial score (nSPS) is 10.7. The van der Waals surface area contributed by atoms with Gasteiger partial charge >= 0.3 is 5.97 Å². The molecule has 4 rings (SSSR count). The Morgan fingerprint density at radius 2 is 1.82 bits per heavy atom. The maximum absolute atomic E-state index is 14.0. The van der Waals surface area contributed by atoms with Crippen LogP contribution >= 0.6 is 0 Å². The van der Waals surface area contributed by atoms with Gasteiger partial charge in [0, 0.05) is 28.6 Å². The molecule has 0 aliphatic heterocycles. The molecule has 34 heavy (non-hydrogen) atoms. The number of methoxy groups -OCH3 is 1. The Bertz CT molecular complexity index is 1270. The van der Waals surface area contributed by atoms with Gasteiger partial charge in [-0.3, -0.25) is 9.89 Å². The molecular formula is C28H38FN3O2. The molecule has 0 fully saturated rings. The average molecular weight is 468 g/mol. The number of aromatic nitrogens is 3. The summed E-state index contributed by atoms with van der Waals surface area (Å²) in [6.45, 7) is 16.1. The Morgan fingerprint density at radius 1 is 1.15 bits per heavy atom. The molecule has 0 aliphatic rings. The van der Waals surface area contributed by atoms with Gasteiger partial charge in [-0.05, 0) is 67.1 Å². The lowest BCUT2D eigenvalue weighted by Gasteiger charge is -2.16. The summed E-state index contributed by atoms with van der Waals surface area (Å²) in [5.74, 6) is -0.254. The van der Waals surface area contributed by atoms with E-state index in [2.05, 4.69) is 41.6 Å². The molecule has 0 unspecified atom stereocenters. The van der Waals surface area contributed by atoms with Crippen LogP contribution in [0, 0.1) is 19.7 Å². The number of aromatic amines is 1. The smallest absolute Gasteiger partial charge is 0.305 e. The van der Waals surface area contributed by atoms with Crippen LogP contribution in [0.25, 0.3) is 27.5 Å². The topological polar surface area (TPSA) is 59.9 Å². The molecule has 184 valence electrons. The minimum Gasteiger partial charge on any atom is -0.469 e. The molecule has 0 spiro atoms. The Labute approximate surface area is 202 Å². The van der Waals surface area contributed by atoms with Gasteiger partial charge in [0.1, 0.15) is 5.82 Å². The highest BCUT2D eigenvalue weighted by molar-refractivity contribution is 6.02. The standard InChI is InChI=1S/C24H26FN3O2.2C2H6/c1-13(2)24-18(7-9-21(29)30-5)22-15(4)23-16(12-26-27-23)11-20(22)28(24)17-6-8-19(25)14(3)10-17;2*1-2/h6,8,10-13H,7,9H2,1-5H3,(H,26,27);2*1-2H3. The highest BCUT2D eigenvalue weighted by Gasteiger charge is 2.24. The van der Waals surface area contributed by atoms with E-state index < -0.39 is 0 Å². The van der Waals surface area contributed by atoms with Crippen LogP contribution in [0.15, 0.2) is 30.5 Å². The minimum absolute atomic E-state index is 0.200. The number of nitrogens with one attached hydrogen (secondary N) is 1. The molecule has 2 aromatic carbocycles. The van der Waals surface area contributed by atoms with Gasteiger partial charge in [0.25, 0.3) is 0 Å². The van der Waals surface area contributed by atoms with Crippen molar-refractivity contribution in [2.75, 3.05) is 7.11 Å². The fraction of sp³-hybridized carbons (Fsp3) is 0.429. The Hall–Kier alpha value is -3.15. The van der Waals surface area contributed by atoms with Crippen LogP contribution in [0.5, 0.6) is 0 Å². The van der Waals surface area contributed by atoms with Crippen molar-refractivity contribution in [3.8, 4) is 5.69 Å². The molecule has 2 aromatic heterocycles. The van der Waals surface area contributed by atoms with Crippen molar-refractivity contribution in [3.63, 3.8) is 0 Å². The fourth-order valence-corrected chi connectivity index (χ4v) is 4.43. The number of fused-ring (bicyclic) bond motifs is 2. The molecule has 0 saturated carbocycles. The van der Waals surface area contributed by atoms with Crippen molar-refractivity contribution >= 4 is 27.8 Å². The van der Waals surface area contributed by atoms with E-state index in [1.165, 1.54) is 13.2 Å². The number of nitrogens with zero attached hydrogens (tertiary/aromatic N) is 2. The summed E-state index contributed by atoms with van der Waals surface area (Å²) < 4.78 is 21.1. The maximum Gasteiger partial charge on any atom is 0.305 e. The summed E-state index contributed by atoms with van der Waals surface area (Å²) in [6, 6.07) is 7.32. The summed E-state index contributed by atoms with van der Waals surface area (Å²) in [4.78, 5) is 11.9. The van der Waals surface area contributed by atoms with Crippen molar-refractivity contribution in [2.45, 2.75) is 74.1 Å². The zero-order chi connectivity index (χ0) is 25.6. The number of esters is 1. The zero-order valence-corrected chi connectivity index (χ0v) is 22.0. The van der Waals surface area contributed by atoms with Gasteiger partial charge in [-0.15, -0.1) is 0 Å².